The zero-order valence-corrected chi connectivity index (χ0v) is 12.9. The average molecular weight is 308 g/mol. The number of allylic oxidation sites excluding steroid dienone is 1. The van der Waals surface area contributed by atoms with Crippen molar-refractivity contribution in [1.82, 2.24) is 0 Å². The molecule has 2 aromatic rings. The van der Waals surface area contributed by atoms with E-state index in [9.17, 15) is 14.7 Å². The van der Waals surface area contributed by atoms with Crippen molar-refractivity contribution in [2.45, 2.75) is 19.3 Å². The van der Waals surface area contributed by atoms with Crippen LogP contribution in [-0.4, -0.2) is 16.9 Å². The van der Waals surface area contributed by atoms with E-state index in [2.05, 4.69) is 0 Å². The van der Waals surface area contributed by atoms with Gasteiger partial charge in [-0.1, -0.05) is 72.8 Å². The van der Waals surface area contributed by atoms with Crippen LogP contribution in [-0.2, 0) is 16.0 Å². The van der Waals surface area contributed by atoms with Gasteiger partial charge in [0, 0.05) is 6.42 Å². The molecule has 0 aliphatic heterocycles. The first kappa shape index (κ1) is 16.7. The largest absolute Gasteiger partial charge is 0.481 e. The molecular weight excluding hydrogens is 288 g/mol. The van der Waals surface area contributed by atoms with Gasteiger partial charge in [-0.2, -0.15) is 0 Å². The smallest absolute Gasteiger partial charge is 0.314 e. The Labute approximate surface area is 136 Å². The van der Waals surface area contributed by atoms with Crippen LogP contribution < -0.4 is 0 Å². The van der Waals surface area contributed by atoms with E-state index < -0.39 is 11.9 Å². The standard InChI is InChI=1S/C20H20O3/c21-19(15-14-17-10-5-2-6-11-17)18(20(22)23)13-7-12-16-8-3-1-4-9-16/h1-12,18H,13-15H2,(H,22,23). The monoisotopic (exact) mass is 308 g/mol. The summed E-state index contributed by atoms with van der Waals surface area (Å²) in [6, 6.07) is 19.3. The zero-order chi connectivity index (χ0) is 16.5. The fourth-order valence-corrected chi connectivity index (χ4v) is 2.36. The molecule has 0 saturated carbocycles. The number of aryl methyl sites for hydroxylation is 1. The number of carboxylic acids is 1. The second-order valence-corrected chi connectivity index (χ2v) is 5.39. The van der Waals surface area contributed by atoms with E-state index in [1.807, 2.05) is 66.7 Å². The van der Waals surface area contributed by atoms with Crippen LogP contribution in [0.15, 0.2) is 66.7 Å². The van der Waals surface area contributed by atoms with Crippen molar-refractivity contribution >= 4 is 17.8 Å². The second kappa shape index (κ2) is 8.69. The van der Waals surface area contributed by atoms with Gasteiger partial charge in [0.1, 0.15) is 11.7 Å². The molecule has 0 aliphatic rings. The molecular formula is C20H20O3. The molecule has 1 unspecified atom stereocenters. The molecule has 0 spiro atoms. The van der Waals surface area contributed by atoms with Crippen LogP contribution in [0.4, 0.5) is 0 Å². The number of Topliss-reactive ketones (excluding diaryl/α,β-unsaturated/α-hetero) is 1. The van der Waals surface area contributed by atoms with Crippen LogP contribution in [0.2, 0.25) is 0 Å². The van der Waals surface area contributed by atoms with Gasteiger partial charge in [0.25, 0.3) is 0 Å². The molecule has 0 fully saturated rings. The first-order valence-electron chi connectivity index (χ1n) is 7.68. The SMILES string of the molecule is O=C(O)C(CC=Cc1ccccc1)C(=O)CCc1ccccc1. The third kappa shape index (κ3) is 5.55. The summed E-state index contributed by atoms with van der Waals surface area (Å²) in [4.78, 5) is 23.5. The van der Waals surface area contributed by atoms with Crippen molar-refractivity contribution in [3.63, 3.8) is 0 Å². The van der Waals surface area contributed by atoms with Crippen LogP contribution in [0.3, 0.4) is 0 Å². The van der Waals surface area contributed by atoms with Crippen molar-refractivity contribution in [2.24, 2.45) is 5.92 Å². The van der Waals surface area contributed by atoms with Gasteiger partial charge in [-0.3, -0.25) is 9.59 Å². The summed E-state index contributed by atoms with van der Waals surface area (Å²) < 4.78 is 0. The maximum atomic E-state index is 12.2. The van der Waals surface area contributed by atoms with Crippen molar-refractivity contribution in [2.75, 3.05) is 0 Å². The van der Waals surface area contributed by atoms with Crippen LogP contribution in [0.1, 0.15) is 24.0 Å². The number of carbonyl (C=O) groups is 2. The third-order valence-electron chi connectivity index (χ3n) is 3.67. The average Bonchev–Trinajstić information content (AvgIpc) is 2.58. The van der Waals surface area contributed by atoms with Crippen LogP contribution in [0.25, 0.3) is 6.08 Å². The van der Waals surface area contributed by atoms with Crippen LogP contribution >= 0.6 is 0 Å². The van der Waals surface area contributed by atoms with E-state index in [0.717, 1.165) is 11.1 Å². The van der Waals surface area contributed by atoms with E-state index in [-0.39, 0.29) is 18.6 Å². The second-order valence-electron chi connectivity index (χ2n) is 5.39. The maximum absolute atomic E-state index is 12.2. The minimum Gasteiger partial charge on any atom is -0.481 e. The van der Waals surface area contributed by atoms with Gasteiger partial charge in [0.2, 0.25) is 0 Å². The Balaban J connectivity index is 1.91. The highest BCUT2D eigenvalue weighted by Crippen LogP contribution is 2.13. The summed E-state index contributed by atoms with van der Waals surface area (Å²) in [6.07, 6.45) is 4.65. The van der Waals surface area contributed by atoms with Gasteiger partial charge in [0.05, 0.1) is 0 Å². The highest BCUT2D eigenvalue weighted by Gasteiger charge is 2.24. The molecule has 3 heteroatoms. The number of rotatable bonds is 8. The first-order chi connectivity index (χ1) is 11.2. The summed E-state index contributed by atoms with van der Waals surface area (Å²) in [5.74, 6) is -2.25. The molecule has 0 aromatic heterocycles. The molecule has 1 N–H and O–H groups in total. The number of carboxylic acid groups (broad SMARTS) is 1. The van der Waals surface area contributed by atoms with Crippen molar-refractivity contribution in [1.29, 1.82) is 0 Å². The molecule has 118 valence electrons. The minimum atomic E-state index is -1.05. The Kier molecular flexibility index (Phi) is 6.30. The molecule has 0 aliphatic carbocycles. The molecule has 23 heavy (non-hydrogen) atoms. The lowest BCUT2D eigenvalue weighted by Crippen LogP contribution is -2.23. The zero-order valence-electron chi connectivity index (χ0n) is 12.9. The van der Waals surface area contributed by atoms with Crippen molar-refractivity contribution < 1.29 is 14.7 Å². The number of carbonyl (C=O) groups excluding carboxylic acids is 1. The van der Waals surface area contributed by atoms with Gasteiger partial charge in [-0.05, 0) is 24.0 Å². The van der Waals surface area contributed by atoms with E-state index >= 15 is 0 Å². The highest BCUT2D eigenvalue weighted by atomic mass is 16.4. The number of benzene rings is 2. The summed E-state index contributed by atoms with van der Waals surface area (Å²) in [5.41, 5.74) is 2.04. The molecule has 0 radical (unpaired) electrons. The number of hydrogen-bond donors (Lipinski definition) is 1. The Morgan fingerprint density at radius 2 is 1.57 bits per heavy atom. The van der Waals surface area contributed by atoms with Crippen molar-refractivity contribution in [3.8, 4) is 0 Å². The molecule has 1 atom stereocenters. The summed E-state index contributed by atoms with van der Waals surface area (Å²) in [5, 5.41) is 9.28. The van der Waals surface area contributed by atoms with Gasteiger partial charge >= 0.3 is 5.97 Å². The topological polar surface area (TPSA) is 54.4 Å². The van der Waals surface area contributed by atoms with E-state index in [1.54, 1.807) is 6.08 Å². The molecule has 0 bridgehead atoms. The third-order valence-corrected chi connectivity index (χ3v) is 3.67. The molecule has 0 amide bonds. The van der Waals surface area contributed by atoms with Gasteiger partial charge in [-0.15, -0.1) is 0 Å². The summed E-state index contributed by atoms with van der Waals surface area (Å²) >= 11 is 0. The fraction of sp³-hybridized carbons (Fsp3) is 0.200. The van der Waals surface area contributed by atoms with Gasteiger partial charge in [0.15, 0.2) is 0 Å². The number of aliphatic carboxylic acids is 1. The highest BCUT2D eigenvalue weighted by molar-refractivity contribution is 5.98. The maximum Gasteiger partial charge on any atom is 0.314 e. The lowest BCUT2D eigenvalue weighted by atomic mass is 9.95. The van der Waals surface area contributed by atoms with Crippen molar-refractivity contribution in [3.05, 3.63) is 77.9 Å². The minimum absolute atomic E-state index is 0.220. The molecule has 2 rings (SSSR count). The lowest BCUT2D eigenvalue weighted by Gasteiger charge is -2.09. The number of hydrogen-bond acceptors (Lipinski definition) is 2. The van der Waals surface area contributed by atoms with E-state index in [0.29, 0.717) is 6.42 Å². The van der Waals surface area contributed by atoms with Crippen LogP contribution in [0.5, 0.6) is 0 Å². The van der Waals surface area contributed by atoms with E-state index in [4.69, 9.17) is 0 Å². The fourth-order valence-electron chi connectivity index (χ4n) is 2.36. The quantitative estimate of drug-likeness (QED) is 0.750. The normalized spacial score (nSPS) is 12.2. The predicted octanol–water partition coefficient (Wildman–Crippen LogP) is 3.99. The Morgan fingerprint density at radius 1 is 0.957 bits per heavy atom. The van der Waals surface area contributed by atoms with Gasteiger partial charge in [-0.25, -0.2) is 0 Å². The first-order valence-corrected chi connectivity index (χ1v) is 7.68. The molecule has 2 aromatic carbocycles. The lowest BCUT2D eigenvalue weighted by molar-refractivity contribution is -0.146. The van der Waals surface area contributed by atoms with Crippen LogP contribution in [0, 0.1) is 5.92 Å². The van der Waals surface area contributed by atoms with E-state index in [1.165, 1.54) is 0 Å². The molecule has 0 heterocycles. The Bertz CT molecular complexity index is 660. The summed E-state index contributed by atoms with van der Waals surface area (Å²) in [6.45, 7) is 0. The van der Waals surface area contributed by atoms with Gasteiger partial charge < -0.3 is 5.11 Å². The summed E-state index contributed by atoms with van der Waals surface area (Å²) in [7, 11) is 0. The molecule has 0 saturated heterocycles. The Morgan fingerprint density at radius 3 is 2.17 bits per heavy atom. The number of ketones is 1. The Hall–Kier alpha value is -2.68. The molecule has 3 nitrogen and oxygen atoms in total. The predicted molar refractivity (Wildman–Crippen MR) is 91.0 cm³/mol.